The van der Waals surface area contributed by atoms with Gasteiger partial charge in [-0.25, -0.2) is 13.8 Å². The number of hydrogen-bond donors (Lipinski definition) is 2. The Bertz CT molecular complexity index is 1740. The minimum absolute atomic E-state index is 0.0194. The summed E-state index contributed by atoms with van der Waals surface area (Å²) in [5.74, 6) is -3.26. The molecule has 0 saturated heterocycles. The molecule has 5 aromatic rings. The third-order valence-corrected chi connectivity index (χ3v) is 7.04. The van der Waals surface area contributed by atoms with Crippen LogP contribution in [0.2, 0.25) is 5.02 Å². The molecule has 0 unspecified atom stereocenters. The van der Waals surface area contributed by atoms with Gasteiger partial charge in [0.05, 0.1) is 0 Å². The highest BCUT2D eigenvalue weighted by Crippen LogP contribution is 2.23. The zero-order chi connectivity index (χ0) is 30.3. The number of aromatic nitrogens is 1. The molecule has 218 valence electrons. The quantitative estimate of drug-likeness (QED) is 0.132. The van der Waals surface area contributed by atoms with Crippen molar-refractivity contribution >= 4 is 40.3 Å². The smallest absolute Gasteiger partial charge is 0.264 e. The number of ketones is 1. The van der Waals surface area contributed by atoms with Gasteiger partial charge in [-0.1, -0.05) is 54.1 Å². The maximum absolute atomic E-state index is 14.5. The third-order valence-electron chi connectivity index (χ3n) is 6.81. The van der Waals surface area contributed by atoms with Crippen molar-refractivity contribution in [3.8, 4) is 11.1 Å². The molecular formula is C33H26ClF2N3O4. The van der Waals surface area contributed by atoms with E-state index in [4.69, 9.17) is 16.0 Å². The van der Waals surface area contributed by atoms with Crippen LogP contribution in [0.4, 0.5) is 8.78 Å². The van der Waals surface area contributed by atoms with Gasteiger partial charge in [0.25, 0.3) is 11.8 Å². The van der Waals surface area contributed by atoms with Crippen molar-refractivity contribution in [1.29, 1.82) is 0 Å². The van der Waals surface area contributed by atoms with Gasteiger partial charge >= 0.3 is 0 Å². The molecular weight excluding hydrogens is 576 g/mol. The second kappa shape index (κ2) is 13.4. The third kappa shape index (κ3) is 7.31. The van der Waals surface area contributed by atoms with Gasteiger partial charge in [0.1, 0.15) is 23.2 Å². The Morgan fingerprint density at radius 2 is 1.58 bits per heavy atom. The van der Waals surface area contributed by atoms with Crippen molar-refractivity contribution in [2.45, 2.75) is 25.3 Å². The van der Waals surface area contributed by atoms with Crippen molar-refractivity contribution in [3.63, 3.8) is 0 Å². The number of rotatable bonds is 11. The van der Waals surface area contributed by atoms with Crippen LogP contribution in [-0.2, 0) is 11.2 Å². The van der Waals surface area contributed by atoms with Gasteiger partial charge < -0.3 is 15.1 Å². The molecule has 0 aliphatic carbocycles. The Labute approximate surface area is 250 Å². The number of benzene rings is 4. The number of Topliss-reactive ketones (excluding diaryl/α,β-unsaturated/α-hetero) is 1. The Kier molecular flexibility index (Phi) is 9.22. The number of carbonyl (C=O) groups is 3. The number of nitrogens with zero attached hydrogens (tertiary/aromatic N) is 1. The maximum atomic E-state index is 14.5. The number of amides is 2. The van der Waals surface area contributed by atoms with Gasteiger partial charge in [-0.05, 0) is 66.1 Å². The fourth-order valence-electron chi connectivity index (χ4n) is 4.55. The number of hydrogen-bond acceptors (Lipinski definition) is 5. The van der Waals surface area contributed by atoms with E-state index in [9.17, 15) is 23.2 Å². The van der Waals surface area contributed by atoms with E-state index in [0.717, 1.165) is 23.3 Å². The van der Waals surface area contributed by atoms with Crippen LogP contribution < -0.4 is 10.6 Å². The van der Waals surface area contributed by atoms with E-state index in [2.05, 4.69) is 15.6 Å². The Morgan fingerprint density at radius 1 is 0.860 bits per heavy atom. The molecule has 1 heterocycles. The zero-order valence-electron chi connectivity index (χ0n) is 22.8. The molecule has 0 spiro atoms. The molecule has 0 saturated carbocycles. The summed E-state index contributed by atoms with van der Waals surface area (Å²) in [6, 6.07) is 23.0. The summed E-state index contributed by atoms with van der Waals surface area (Å²) >= 11 is 6.08. The SMILES string of the molecule is O=C(N[C@@H](Cc1c(F)cccc1F)C(=O)NCCCC(=O)c1nc2ccccc2o1)c1ccc(-c2cccc(Cl)c2)cc1. The van der Waals surface area contributed by atoms with Crippen LogP contribution in [0.5, 0.6) is 0 Å². The number of para-hydroxylation sites is 2. The molecule has 1 atom stereocenters. The van der Waals surface area contributed by atoms with Crippen molar-refractivity contribution in [2.24, 2.45) is 0 Å². The Morgan fingerprint density at radius 3 is 2.30 bits per heavy atom. The van der Waals surface area contributed by atoms with Crippen molar-refractivity contribution < 1.29 is 27.6 Å². The van der Waals surface area contributed by atoms with E-state index in [-0.39, 0.29) is 42.2 Å². The number of carbonyl (C=O) groups excluding carboxylic acids is 3. The topological polar surface area (TPSA) is 101 Å². The summed E-state index contributed by atoms with van der Waals surface area (Å²) in [6.45, 7) is 0.0747. The second-order valence-electron chi connectivity index (χ2n) is 9.82. The first-order valence-electron chi connectivity index (χ1n) is 13.5. The molecule has 7 nitrogen and oxygen atoms in total. The Balaban J connectivity index is 1.24. The lowest BCUT2D eigenvalue weighted by Crippen LogP contribution is -2.48. The van der Waals surface area contributed by atoms with Crippen LogP contribution in [0.25, 0.3) is 22.2 Å². The molecule has 5 rings (SSSR count). The normalized spacial score (nSPS) is 11.7. The van der Waals surface area contributed by atoms with Crippen LogP contribution in [0.1, 0.15) is 39.4 Å². The molecule has 4 aromatic carbocycles. The summed E-state index contributed by atoms with van der Waals surface area (Å²) in [7, 11) is 0. The van der Waals surface area contributed by atoms with Crippen LogP contribution in [0.3, 0.4) is 0 Å². The molecule has 2 amide bonds. The molecule has 0 fully saturated rings. The predicted molar refractivity (Wildman–Crippen MR) is 159 cm³/mol. The lowest BCUT2D eigenvalue weighted by atomic mass is 10.0. The molecule has 0 radical (unpaired) electrons. The average Bonchev–Trinajstić information content (AvgIpc) is 3.45. The minimum Gasteiger partial charge on any atom is -0.434 e. The van der Waals surface area contributed by atoms with Crippen LogP contribution in [0, 0.1) is 11.6 Å². The monoisotopic (exact) mass is 601 g/mol. The molecule has 0 aliphatic rings. The van der Waals surface area contributed by atoms with Gasteiger partial charge in [-0.3, -0.25) is 14.4 Å². The standard InChI is InChI=1S/C33H26ClF2N3O4/c34-23-7-3-6-22(18-23)20-13-15-21(16-14-20)31(41)38-28(19-24-25(35)8-4-9-26(24)36)32(42)37-17-5-11-29(40)33-39-27-10-1-2-12-30(27)43-33/h1-4,6-10,12-16,18,28H,5,11,17,19H2,(H,37,42)(H,38,41)/t28-/m0/s1. The van der Waals surface area contributed by atoms with Crippen LogP contribution in [0.15, 0.2) is 95.4 Å². The maximum Gasteiger partial charge on any atom is 0.264 e. The van der Waals surface area contributed by atoms with Gasteiger partial charge in [-0.15, -0.1) is 0 Å². The molecule has 0 bridgehead atoms. The lowest BCUT2D eigenvalue weighted by molar-refractivity contribution is -0.123. The first-order chi connectivity index (χ1) is 20.8. The lowest BCUT2D eigenvalue weighted by Gasteiger charge is -2.19. The number of halogens is 3. The minimum atomic E-state index is -1.29. The summed E-state index contributed by atoms with van der Waals surface area (Å²) in [5.41, 5.74) is 2.68. The summed E-state index contributed by atoms with van der Waals surface area (Å²) in [4.78, 5) is 43.0. The van der Waals surface area contributed by atoms with Crippen LogP contribution >= 0.6 is 11.6 Å². The summed E-state index contributed by atoms with van der Waals surface area (Å²) < 4.78 is 34.4. The summed E-state index contributed by atoms with van der Waals surface area (Å²) in [5, 5.41) is 5.82. The van der Waals surface area contributed by atoms with E-state index < -0.39 is 35.9 Å². The number of oxazole rings is 1. The van der Waals surface area contributed by atoms with Gasteiger partial charge in [0.2, 0.25) is 11.7 Å². The van der Waals surface area contributed by atoms with Gasteiger partial charge in [-0.2, -0.15) is 0 Å². The fraction of sp³-hybridized carbons (Fsp3) is 0.152. The van der Waals surface area contributed by atoms with Gasteiger partial charge in [0, 0.05) is 35.5 Å². The highest BCUT2D eigenvalue weighted by molar-refractivity contribution is 6.30. The van der Waals surface area contributed by atoms with Crippen LogP contribution in [-0.4, -0.2) is 35.2 Å². The first-order valence-corrected chi connectivity index (χ1v) is 13.9. The second-order valence-corrected chi connectivity index (χ2v) is 10.3. The Hall–Kier alpha value is -4.89. The van der Waals surface area contributed by atoms with E-state index in [0.29, 0.717) is 16.1 Å². The highest BCUT2D eigenvalue weighted by Gasteiger charge is 2.25. The zero-order valence-corrected chi connectivity index (χ0v) is 23.5. The van der Waals surface area contributed by atoms with Crippen molar-refractivity contribution in [2.75, 3.05) is 6.54 Å². The molecule has 10 heteroatoms. The van der Waals surface area contributed by atoms with Crippen molar-refractivity contribution in [1.82, 2.24) is 15.6 Å². The van der Waals surface area contributed by atoms with E-state index in [1.165, 1.54) is 6.07 Å². The molecule has 43 heavy (non-hydrogen) atoms. The number of fused-ring (bicyclic) bond motifs is 1. The molecule has 1 aromatic heterocycles. The molecule has 0 aliphatic heterocycles. The fourth-order valence-corrected chi connectivity index (χ4v) is 4.74. The molecule has 2 N–H and O–H groups in total. The highest BCUT2D eigenvalue weighted by atomic mass is 35.5. The number of nitrogens with one attached hydrogen (secondary N) is 2. The van der Waals surface area contributed by atoms with E-state index >= 15 is 0 Å². The average molecular weight is 602 g/mol. The van der Waals surface area contributed by atoms with E-state index in [1.54, 1.807) is 60.7 Å². The predicted octanol–water partition coefficient (Wildman–Crippen LogP) is 6.55. The largest absolute Gasteiger partial charge is 0.434 e. The van der Waals surface area contributed by atoms with Crippen molar-refractivity contribution in [3.05, 3.63) is 125 Å². The summed E-state index contributed by atoms with van der Waals surface area (Å²) in [6.07, 6.45) is -0.119. The first kappa shape index (κ1) is 29.6. The van der Waals surface area contributed by atoms with E-state index in [1.807, 2.05) is 12.1 Å². The van der Waals surface area contributed by atoms with Gasteiger partial charge in [0.15, 0.2) is 5.58 Å².